The molecule has 0 aliphatic heterocycles. The number of benzene rings is 1. The van der Waals surface area contributed by atoms with Crippen LogP contribution in [0.3, 0.4) is 0 Å². The maximum atomic E-state index is 9.51. The summed E-state index contributed by atoms with van der Waals surface area (Å²) in [5, 5.41) is 13.2. The van der Waals surface area contributed by atoms with Gasteiger partial charge in [-0.15, -0.1) is 11.8 Å². The van der Waals surface area contributed by atoms with Crippen LogP contribution in [0.15, 0.2) is 33.7 Å². The number of phenolic OH excluding ortho intramolecular Hbond substituents is 1. The minimum Gasteiger partial charge on any atom is -0.507 e. The highest BCUT2D eigenvalue weighted by Gasteiger charge is 2.05. The van der Waals surface area contributed by atoms with Gasteiger partial charge in [-0.25, -0.2) is 0 Å². The first kappa shape index (κ1) is 10.0. The summed E-state index contributed by atoms with van der Waals surface area (Å²) in [5.41, 5.74) is 0. The van der Waals surface area contributed by atoms with Crippen molar-refractivity contribution < 1.29 is 9.63 Å². The number of phenols is 1. The normalized spacial score (nSPS) is 10.5. The molecule has 15 heavy (non-hydrogen) atoms. The minimum absolute atomic E-state index is 0.277. The lowest BCUT2D eigenvalue weighted by molar-refractivity contribution is 0.387. The Labute approximate surface area is 91.3 Å². The second kappa shape index (κ2) is 4.35. The van der Waals surface area contributed by atoms with E-state index in [1.54, 1.807) is 19.1 Å². The van der Waals surface area contributed by atoms with E-state index in [0.717, 1.165) is 4.90 Å². The maximum absolute atomic E-state index is 9.51. The highest BCUT2D eigenvalue weighted by Crippen LogP contribution is 2.29. The number of para-hydroxylation sites is 1. The average molecular weight is 222 g/mol. The molecule has 0 aliphatic carbocycles. The van der Waals surface area contributed by atoms with Gasteiger partial charge in [-0.3, -0.25) is 0 Å². The smallest absolute Gasteiger partial charge is 0.236 e. The molecule has 1 aromatic heterocycles. The van der Waals surface area contributed by atoms with Gasteiger partial charge in [0.1, 0.15) is 5.75 Å². The summed E-state index contributed by atoms with van der Waals surface area (Å²) in [6, 6.07) is 7.17. The number of nitrogens with zero attached hydrogens (tertiary/aromatic N) is 2. The third kappa shape index (κ3) is 2.50. The molecular weight excluding hydrogens is 212 g/mol. The molecule has 4 nitrogen and oxygen atoms in total. The van der Waals surface area contributed by atoms with Crippen molar-refractivity contribution in [1.82, 2.24) is 10.1 Å². The first-order valence-electron chi connectivity index (χ1n) is 4.45. The molecule has 0 fully saturated rings. The molecule has 0 saturated heterocycles. The van der Waals surface area contributed by atoms with Gasteiger partial charge >= 0.3 is 0 Å². The summed E-state index contributed by atoms with van der Waals surface area (Å²) in [4.78, 5) is 4.89. The monoisotopic (exact) mass is 222 g/mol. The summed E-state index contributed by atoms with van der Waals surface area (Å²) in [5.74, 6) is 2.04. The van der Waals surface area contributed by atoms with Gasteiger partial charge in [-0.1, -0.05) is 17.3 Å². The average Bonchev–Trinajstić information content (AvgIpc) is 2.63. The number of rotatable bonds is 3. The summed E-state index contributed by atoms with van der Waals surface area (Å²) < 4.78 is 4.96. The molecule has 1 heterocycles. The molecule has 5 heteroatoms. The topological polar surface area (TPSA) is 59.2 Å². The van der Waals surface area contributed by atoms with E-state index in [4.69, 9.17) is 4.52 Å². The molecule has 0 unspecified atom stereocenters. The van der Waals surface area contributed by atoms with Crippen LogP contribution < -0.4 is 0 Å². The molecular formula is C10H10N2O2S. The number of hydrogen-bond acceptors (Lipinski definition) is 5. The maximum Gasteiger partial charge on any atom is 0.236 e. The molecule has 0 bridgehead atoms. The Kier molecular flexibility index (Phi) is 2.91. The number of aryl methyl sites for hydroxylation is 1. The summed E-state index contributed by atoms with van der Waals surface area (Å²) >= 11 is 1.47. The Morgan fingerprint density at radius 2 is 2.20 bits per heavy atom. The lowest BCUT2D eigenvalue weighted by Gasteiger charge is -2.00. The SMILES string of the molecule is Cc1noc(CSc2ccccc2O)n1. The third-order valence-electron chi connectivity index (χ3n) is 1.79. The van der Waals surface area contributed by atoms with Gasteiger partial charge in [0.15, 0.2) is 5.82 Å². The molecule has 78 valence electrons. The zero-order valence-electron chi connectivity index (χ0n) is 8.17. The largest absolute Gasteiger partial charge is 0.507 e. The van der Waals surface area contributed by atoms with Crippen molar-refractivity contribution in [3.8, 4) is 5.75 Å². The lowest BCUT2D eigenvalue weighted by Crippen LogP contribution is -1.81. The standard InChI is InChI=1S/C10H10N2O2S/c1-7-11-10(14-12-7)6-15-9-5-3-2-4-8(9)13/h2-5,13H,6H2,1H3. The summed E-state index contributed by atoms with van der Waals surface area (Å²) in [6.45, 7) is 1.78. The molecule has 0 aliphatic rings. The van der Waals surface area contributed by atoms with E-state index in [1.165, 1.54) is 11.8 Å². The van der Waals surface area contributed by atoms with Crippen molar-refractivity contribution in [2.75, 3.05) is 0 Å². The zero-order chi connectivity index (χ0) is 10.7. The van der Waals surface area contributed by atoms with Gasteiger partial charge in [-0.2, -0.15) is 4.98 Å². The van der Waals surface area contributed by atoms with Crippen LogP contribution in [0.4, 0.5) is 0 Å². The first-order valence-corrected chi connectivity index (χ1v) is 5.44. The first-order chi connectivity index (χ1) is 7.25. The van der Waals surface area contributed by atoms with Crippen LogP contribution in [0, 0.1) is 6.92 Å². The predicted molar refractivity (Wildman–Crippen MR) is 56.7 cm³/mol. The molecule has 2 rings (SSSR count). The molecule has 0 radical (unpaired) electrons. The van der Waals surface area contributed by atoms with E-state index in [-0.39, 0.29) is 5.75 Å². The van der Waals surface area contributed by atoms with Crippen LogP contribution in [0.2, 0.25) is 0 Å². The number of thioether (sulfide) groups is 1. The van der Waals surface area contributed by atoms with E-state index >= 15 is 0 Å². The van der Waals surface area contributed by atoms with Gasteiger partial charge in [0, 0.05) is 4.90 Å². The van der Waals surface area contributed by atoms with E-state index in [9.17, 15) is 5.11 Å². The van der Waals surface area contributed by atoms with Crippen LogP contribution in [0.25, 0.3) is 0 Å². The highest BCUT2D eigenvalue weighted by molar-refractivity contribution is 7.98. The fourth-order valence-electron chi connectivity index (χ4n) is 1.12. The number of aromatic nitrogens is 2. The van der Waals surface area contributed by atoms with Crippen molar-refractivity contribution in [3.05, 3.63) is 36.0 Å². The van der Waals surface area contributed by atoms with Crippen LogP contribution >= 0.6 is 11.8 Å². The van der Waals surface area contributed by atoms with Crippen LogP contribution in [0.1, 0.15) is 11.7 Å². The fourth-order valence-corrected chi connectivity index (χ4v) is 1.90. The summed E-state index contributed by atoms with van der Waals surface area (Å²) in [7, 11) is 0. The fraction of sp³-hybridized carbons (Fsp3) is 0.200. The van der Waals surface area contributed by atoms with E-state index in [1.807, 2.05) is 12.1 Å². The molecule has 2 aromatic rings. The Morgan fingerprint density at radius 1 is 1.40 bits per heavy atom. The molecule has 1 N–H and O–H groups in total. The Balaban J connectivity index is 2.02. The van der Waals surface area contributed by atoms with Crippen molar-refractivity contribution >= 4 is 11.8 Å². The molecule has 1 aromatic carbocycles. The third-order valence-corrected chi connectivity index (χ3v) is 2.83. The second-order valence-corrected chi connectivity index (χ2v) is 4.01. The van der Waals surface area contributed by atoms with Crippen LogP contribution in [0.5, 0.6) is 5.75 Å². The van der Waals surface area contributed by atoms with E-state index in [2.05, 4.69) is 10.1 Å². The molecule has 0 saturated carbocycles. The van der Waals surface area contributed by atoms with Crippen molar-refractivity contribution in [2.45, 2.75) is 17.6 Å². The molecule has 0 amide bonds. The highest BCUT2D eigenvalue weighted by atomic mass is 32.2. The van der Waals surface area contributed by atoms with Crippen molar-refractivity contribution in [1.29, 1.82) is 0 Å². The van der Waals surface area contributed by atoms with Gasteiger partial charge in [-0.05, 0) is 19.1 Å². The number of aromatic hydroxyl groups is 1. The molecule has 0 atom stereocenters. The lowest BCUT2D eigenvalue weighted by atomic mass is 10.3. The summed E-state index contributed by atoms with van der Waals surface area (Å²) in [6.07, 6.45) is 0. The van der Waals surface area contributed by atoms with Gasteiger partial charge in [0.25, 0.3) is 0 Å². The Hall–Kier alpha value is -1.49. The van der Waals surface area contributed by atoms with Crippen molar-refractivity contribution in [3.63, 3.8) is 0 Å². The van der Waals surface area contributed by atoms with Gasteiger partial charge < -0.3 is 9.63 Å². The quantitative estimate of drug-likeness (QED) is 0.808. The Morgan fingerprint density at radius 3 is 2.87 bits per heavy atom. The van der Waals surface area contributed by atoms with Gasteiger partial charge in [0.05, 0.1) is 5.75 Å². The van der Waals surface area contributed by atoms with Crippen LogP contribution in [-0.2, 0) is 5.75 Å². The molecule has 0 spiro atoms. The van der Waals surface area contributed by atoms with E-state index < -0.39 is 0 Å². The zero-order valence-corrected chi connectivity index (χ0v) is 8.99. The van der Waals surface area contributed by atoms with Gasteiger partial charge in [0.2, 0.25) is 5.89 Å². The predicted octanol–water partition coefficient (Wildman–Crippen LogP) is 2.38. The van der Waals surface area contributed by atoms with E-state index in [0.29, 0.717) is 17.5 Å². The minimum atomic E-state index is 0.277. The van der Waals surface area contributed by atoms with Crippen molar-refractivity contribution in [2.24, 2.45) is 0 Å². The Bertz CT molecular complexity index is 456. The van der Waals surface area contributed by atoms with Crippen LogP contribution in [-0.4, -0.2) is 15.2 Å². The second-order valence-electron chi connectivity index (χ2n) is 2.99. The number of hydrogen-bond donors (Lipinski definition) is 1.